The highest BCUT2D eigenvalue weighted by atomic mass is 79.9. The molecule has 5 heteroatoms. The molecule has 3 nitrogen and oxygen atoms in total. The minimum Gasteiger partial charge on any atom is -0.252 e. The van der Waals surface area contributed by atoms with E-state index in [1.165, 1.54) is 0 Å². The van der Waals surface area contributed by atoms with Gasteiger partial charge in [0.05, 0.1) is 11.4 Å². The Morgan fingerprint density at radius 2 is 2.00 bits per heavy atom. The summed E-state index contributed by atoms with van der Waals surface area (Å²) >= 11 is 5.06. The van der Waals surface area contributed by atoms with E-state index in [9.17, 15) is 0 Å². The summed E-state index contributed by atoms with van der Waals surface area (Å²) < 4.78 is 1.05. The average molecular weight is 386 g/mol. The summed E-state index contributed by atoms with van der Waals surface area (Å²) in [7, 11) is 0. The van der Waals surface area contributed by atoms with Gasteiger partial charge in [0.1, 0.15) is 0 Å². The highest BCUT2D eigenvalue weighted by molar-refractivity contribution is 9.10. The maximum Gasteiger partial charge on any atom is 0.203 e. The molecule has 0 amide bonds. The molecule has 3 rings (SSSR count). The third-order valence-corrected chi connectivity index (χ3v) is 4.59. The zero-order valence-corrected chi connectivity index (χ0v) is 15.1. The molecular formula is C18H16BrN3S. The van der Waals surface area contributed by atoms with E-state index < -0.39 is 0 Å². The van der Waals surface area contributed by atoms with Crippen LogP contribution in [0.3, 0.4) is 0 Å². The van der Waals surface area contributed by atoms with Crippen LogP contribution in [0.25, 0.3) is 11.3 Å². The third-order valence-electron chi connectivity index (χ3n) is 3.35. The predicted molar refractivity (Wildman–Crippen MR) is 102 cm³/mol. The molecule has 0 unspecified atom stereocenters. The minimum absolute atomic E-state index is 0.796. The van der Waals surface area contributed by atoms with Crippen molar-refractivity contribution in [2.45, 2.75) is 13.3 Å². The molecule has 2 aromatic carbocycles. The van der Waals surface area contributed by atoms with Crippen molar-refractivity contribution < 1.29 is 0 Å². The van der Waals surface area contributed by atoms with Crippen LogP contribution in [-0.4, -0.2) is 10.7 Å². The molecule has 0 radical (unpaired) electrons. The number of benzene rings is 2. The summed E-state index contributed by atoms with van der Waals surface area (Å²) in [6.45, 7) is 2.10. The topological polar surface area (TPSA) is 37.3 Å². The van der Waals surface area contributed by atoms with Crippen LogP contribution in [0, 0.1) is 0 Å². The fraction of sp³-hybridized carbons (Fsp3) is 0.111. The summed E-state index contributed by atoms with van der Waals surface area (Å²) in [6, 6.07) is 18.3. The van der Waals surface area contributed by atoms with E-state index in [0.29, 0.717) is 0 Å². The Morgan fingerprint density at radius 3 is 2.74 bits per heavy atom. The van der Waals surface area contributed by atoms with E-state index in [2.05, 4.69) is 62.6 Å². The molecule has 0 bridgehead atoms. The lowest BCUT2D eigenvalue weighted by Crippen LogP contribution is -2.03. The number of thiazole rings is 1. The lowest BCUT2D eigenvalue weighted by molar-refractivity contribution is 1.21. The maximum atomic E-state index is 4.59. The van der Waals surface area contributed by atoms with Crippen LogP contribution in [0.1, 0.15) is 18.9 Å². The van der Waals surface area contributed by atoms with E-state index in [4.69, 9.17) is 0 Å². The molecule has 0 saturated carbocycles. The summed E-state index contributed by atoms with van der Waals surface area (Å²) in [5.41, 5.74) is 7.27. The largest absolute Gasteiger partial charge is 0.252 e. The number of aromatic nitrogens is 1. The van der Waals surface area contributed by atoms with Crippen LogP contribution in [0.4, 0.5) is 5.13 Å². The number of halogens is 1. The van der Waals surface area contributed by atoms with Gasteiger partial charge in [-0.25, -0.2) is 4.98 Å². The Labute approximate surface area is 148 Å². The summed E-state index contributed by atoms with van der Waals surface area (Å²) in [5.74, 6) is 0. The Balaban J connectivity index is 1.78. The van der Waals surface area contributed by atoms with Gasteiger partial charge in [0.25, 0.3) is 0 Å². The quantitative estimate of drug-likeness (QED) is 0.445. The molecule has 1 aromatic heterocycles. The van der Waals surface area contributed by atoms with Crippen LogP contribution in [0.5, 0.6) is 0 Å². The molecule has 3 aromatic rings. The van der Waals surface area contributed by atoms with Gasteiger partial charge >= 0.3 is 0 Å². The van der Waals surface area contributed by atoms with Crippen LogP contribution < -0.4 is 5.43 Å². The zero-order chi connectivity index (χ0) is 16.1. The zero-order valence-electron chi connectivity index (χ0n) is 12.7. The second-order valence-corrected chi connectivity index (χ2v) is 6.71. The lowest BCUT2D eigenvalue weighted by atomic mass is 10.1. The molecule has 0 aliphatic heterocycles. The fourth-order valence-corrected chi connectivity index (χ4v) is 3.26. The van der Waals surface area contributed by atoms with Crippen LogP contribution in [0.15, 0.2) is 69.6 Å². The van der Waals surface area contributed by atoms with Crippen LogP contribution >= 0.6 is 27.3 Å². The highest BCUT2D eigenvalue weighted by Gasteiger charge is 2.05. The third kappa shape index (κ3) is 4.06. The summed E-state index contributed by atoms with van der Waals surface area (Å²) in [5, 5.41) is 7.36. The molecule has 1 N–H and O–H groups in total. The van der Waals surface area contributed by atoms with Gasteiger partial charge < -0.3 is 0 Å². The number of nitrogens with zero attached hydrogens (tertiary/aromatic N) is 2. The molecular weight excluding hydrogens is 370 g/mol. The van der Waals surface area contributed by atoms with Crippen LogP contribution in [-0.2, 0) is 0 Å². The molecule has 0 fully saturated rings. The number of hydrazone groups is 1. The van der Waals surface area contributed by atoms with Gasteiger partial charge in [-0.2, -0.15) is 5.10 Å². The van der Waals surface area contributed by atoms with Crippen molar-refractivity contribution in [3.05, 3.63) is 70.0 Å². The summed E-state index contributed by atoms with van der Waals surface area (Å²) in [6.07, 6.45) is 0.848. The maximum absolute atomic E-state index is 4.59. The van der Waals surface area contributed by atoms with E-state index in [0.717, 1.165) is 38.6 Å². The normalized spacial score (nSPS) is 11.5. The second kappa shape index (κ2) is 7.53. The fourth-order valence-electron chi connectivity index (χ4n) is 2.20. The Bertz CT molecular complexity index is 812. The molecule has 0 saturated heterocycles. The van der Waals surface area contributed by atoms with Crippen LogP contribution in [0.2, 0.25) is 0 Å². The number of hydrogen-bond acceptors (Lipinski definition) is 4. The molecule has 116 valence electrons. The minimum atomic E-state index is 0.796. The first-order chi connectivity index (χ1) is 11.3. The smallest absolute Gasteiger partial charge is 0.203 e. The lowest BCUT2D eigenvalue weighted by Gasteiger charge is -2.04. The SMILES string of the molecule is CC/C(=N\Nc1nc(-c2ccccc2)cs1)c1cccc(Br)c1. The second-order valence-electron chi connectivity index (χ2n) is 4.94. The summed E-state index contributed by atoms with van der Waals surface area (Å²) in [4.78, 5) is 4.59. The first-order valence-corrected chi connectivity index (χ1v) is 9.03. The van der Waals surface area contributed by atoms with Crippen molar-refractivity contribution in [2.24, 2.45) is 5.10 Å². The highest BCUT2D eigenvalue weighted by Crippen LogP contribution is 2.24. The number of nitrogens with one attached hydrogen (secondary N) is 1. The molecule has 0 spiro atoms. The first kappa shape index (κ1) is 15.9. The van der Waals surface area contributed by atoms with Crippen molar-refractivity contribution in [2.75, 3.05) is 5.43 Å². The van der Waals surface area contributed by atoms with Gasteiger partial charge in [-0.05, 0) is 24.1 Å². The molecule has 1 heterocycles. The van der Waals surface area contributed by atoms with Gasteiger partial charge in [0, 0.05) is 15.4 Å². The number of anilines is 1. The van der Waals surface area contributed by atoms with E-state index >= 15 is 0 Å². The van der Waals surface area contributed by atoms with Crippen molar-refractivity contribution in [3.63, 3.8) is 0 Å². The molecule has 0 atom stereocenters. The number of hydrogen-bond donors (Lipinski definition) is 1. The van der Waals surface area contributed by atoms with Gasteiger partial charge in [0.2, 0.25) is 5.13 Å². The van der Waals surface area contributed by atoms with Gasteiger partial charge in [-0.1, -0.05) is 65.3 Å². The Kier molecular flexibility index (Phi) is 5.20. The molecule has 23 heavy (non-hydrogen) atoms. The van der Waals surface area contributed by atoms with Gasteiger partial charge in [0.15, 0.2) is 0 Å². The molecule has 0 aliphatic carbocycles. The predicted octanol–water partition coefficient (Wildman–Crippen LogP) is 5.80. The Hall–Kier alpha value is -1.98. The van der Waals surface area contributed by atoms with E-state index in [1.54, 1.807) is 11.3 Å². The van der Waals surface area contributed by atoms with Gasteiger partial charge in [-0.3, -0.25) is 5.43 Å². The van der Waals surface area contributed by atoms with Crippen molar-refractivity contribution in [1.29, 1.82) is 0 Å². The van der Waals surface area contributed by atoms with E-state index in [-0.39, 0.29) is 0 Å². The van der Waals surface area contributed by atoms with Crippen molar-refractivity contribution in [1.82, 2.24) is 4.98 Å². The van der Waals surface area contributed by atoms with Crippen molar-refractivity contribution >= 4 is 38.1 Å². The average Bonchev–Trinajstić information content (AvgIpc) is 3.05. The Morgan fingerprint density at radius 1 is 1.17 bits per heavy atom. The number of rotatable bonds is 5. The standard InChI is InChI=1S/C18H16BrN3S/c1-2-16(14-9-6-10-15(19)11-14)21-22-18-20-17(12-23-18)13-7-4-3-5-8-13/h3-12H,2H2,1H3,(H,20,22)/b21-16+. The van der Waals surface area contributed by atoms with Crippen molar-refractivity contribution in [3.8, 4) is 11.3 Å². The monoisotopic (exact) mass is 385 g/mol. The molecule has 0 aliphatic rings. The van der Waals surface area contributed by atoms with E-state index in [1.807, 2.05) is 35.7 Å². The first-order valence-electron chi connectivity index (χ1n) is 7.35. The van der Waals surface area contributed by atoms with Gasteiger partial charge in [-0.15, -0.1) is 11.3 Å².